The van der Waals surface area contributed by atoms with E-state index in [1.165, 1.54) is 32.4 Å². The summed E-state index contributed by atoms with van der Waals surface area (Å²) in [7, 11) is 2.17. The Bertz CT molecular complexity index is 200. The fourth-order valence-corrected chi connectivity index (χ4v) is 2.33. The van der Waals surface area contributed by atoms with Crippen molar-refractivity contribution in [3.8, 4) is 0 Å². The summed E-state index contributed by atoms with van der Waals surface area (Å²) in [6, 6.07) is 0. The van der Waals surface area contributed by atoms with Gasteiger partial charge in [0, 0.05) is 13.1 Å². The predicted octanol–water partition coefficient (Wildman–Crippen LogP) is 1.83. The van der Waals surface area contributed by atoms with Gasteiger partial charge in [0.1, 0.15) is 0 Å². The average Bonchev–Trinajstić information content (AvgIpc) is 2.88. The molecule has 2 rings (SSSR count). The van der Waals surface area contributed by atoms with Crippen molar-refractivity contribution in [1.82, 2.24) is 9.80 Å². The van der Waals surface area contributed by atoms with Crippen molar-refractivity contribution in [3.05, 3.63) is 0 Å². The molecule has 0 saturated carbocycles. The van der Waals surface area contributed by atoms with Crippen LogP contribution < -0.4 is 0 Å². The Morgan fingerprint density at radius 3 is 2.06 bits per heavy atom. The van der Waals surface area contributed by atoms with E-state index in [4.69, 9.17) is 0 Å². The highest BCUT2D eigenvalue weighted by Crippen LogP contribution is 2.21. The lowest BCUT2D eigenvalue weighted by Crippen LogP contribution is -2.19. The second-order valence-corrected chi connectivity index (χ2v) is 5.40. The normalized spacial score (nSPS) is 25.8. The first-order chi connectivity index (χ1) is 7.63. The van der Waals surface area contributed by atoms with E-state index in [-0.39, 0.29) is 0 Å². The first-order valence-corrected chi connectivity index (χ1v) is 6.51. The average molecular weight is 226 g/mol. The Balaban J connectivity index is 0.000000181. The Morgan fingerprint density at radius 1 is 1.19 bits per heavy atom. The Labute approximate surface area is 99.8 Å². The first kappa shape index (κ1) is 13.5. The van der Waals surface area contributed by atoms with Gasteiger partial charge < -0.3 is 9.80 Å². The molecule has 94 valence electrons. The zero-order valence-corrected chi connectivity index (χ0v) is 11.0. The number of carbonyl (C=O) groups excluding carboxylic acids is 1. The van der Waals surface area contributed by atoms with Crippen LogP contribution in [0, 0.1) is 11.8 Å². The van der Waals surface area contributed by atoms with E-state index in [1.807, 2.05) is 4.90 Å². The quantitative estimate of drug-likeness (QED) is 0.671. The van der Waals surface area contributed by atoms with Crippen LogP contribution in [-0.4, -0.2) is 49.4 Å². The number of carbonyl (C=O) groups is 1. The number of likely N-dealkylation sites (tertiary alicyclic amines) is 2. The van der Waals surface area contributed by atoms with E-state index in [0.29, 0.717) is 0 Å². The van der Waals surface area contributed by atoms with Crippen molar-refractivity contribution in [2.45, 2.75) is 33.1 Å². The van der Waals surface area contributed by atoms with Crippen molar-refractivity contribution in [1.29, 1.82) is 0 Å². The van der Waals surface area contributed by atoms with Crippen molar-refractivity contribution in [2.75, 3.05) is 33.2 Å². The highest BCUT2D eigenvalue weighted by atomic mass is 16.1. The van der Waals surface area contributed by atoms with Gasteiger partial charge in [0.25, 0.3) is 0 Å². The molecule has 1 atom stereocenters. The molecule has 1 unspecified atom stereocenters. The molecule has 2 aliphatic rings. The maximum Gasteiger partial charge on any atom is 0.209 e. The Morgan fingerprint density at radius 2 is 1.81 bits per heavy atom. The van der Waals surface area contributed by atoms with Crippen LogP contribution in [0.5, 0.6) is 0 Å². The monoisotopic (exact) mass is 226 g/mol. The minimum absolute atomic E-state index is 0.727. The highest BCUT2D eigenvalue weighted by molar-refractivity contribution is 5.47. The molecule has 0 N–H and O–H groups in total. The predicted molar refractivity (Wildman–Crippen MR) is 67.3 cm³/mol. The SMILES string of the molecule is CC(C)C1CCN(C=O)C1.CN1CCCC1. The zero-order valence-electron chi connectivity index (χ0n) is 11.0. The molecule has 0 spiro atoms. The fraction of sp³-hybridized carbons (Fsp3) is 0.923. The molecule has 0 radical (unpaired) electrons. The summed E-state index contributed by atoms with van der Waals surface area (Å²) in [4.78, 5) is 14.5. The van der Waals surface area contributed by atoms with Gasteiger partial charge >= 0.3 is 0 Å². The molecule has 0 bridgehead atoms. The van der Waals surface area contributed by atoms with Crippen molar-refractivity contribution in [2.24, 2.45) is 11.8 Å². The van der Waals surface area contributed by atoms with E-state index in [2.05, 4.69) is 25.8 Å². The smallest absolute Gasteiger partial charge is 0.209 e. The van der Waals surface area contributed by atoms with Gasteiger partial charge in [-0.3, -0.25) is 4.79 Å². The minimum Gasteiger partial charge on any atom is -0.345 e. The van der Waals surface area contributed by atoms with Crippen LogP contribution in [0.2, 0.25) is 0 Å². The number of hydrogen-bond donors (Lipinski definition) is 0. The van der Waals surface area contributed by atoms with Gasteiger partial charge in [-0.05, 0) is 51.2 Å². The summed E-state index contributed by atoms with van der Waals surface area (Å²) in [6.45, 7) is 9.02. The first-order valence-electron chi connectivity index (χ1n) is 6.51. The molecular weight excluding hydrogens is 200 g/mol. The van der Waals surface area contributed by atoms with Gasteiger partial charge in [-0.2, -0.15) is 0 Å². The maximum absolute atomic E-state index is 10.3. The standard InChI is InChI=1S/C8H15NO.C5H11N/c1-7(2)8-3-4-9(5-8)6-10;1-6-4-2-3-5-6/h6-8H,3-5H2,1-2H3;2-5H2,1H3. The molecule has 1 amide bonds. The number of amides is 1. The number of rotatable bonds is 2. The molecule has 3 heteroatoms. The van der Waals surface area contributed by atoms with Crippen LogP contribution in [-0.2, 0) is 4.79 Å². The van der Waals surface area contributed by atoms with Gasteiger partial charge in [0.15, 0.2) is 0 Å². The molecule has 16 heavy (non-hydrogen) atoms. The van der Waals surface area contributed by atoms with E-state index >= 15 is 0 Å². The molecule has 2 fully saturated rings. The van der Waals surface area contributed by atoms with E-state index in [9.17, 15) is 4.79 Å². The van der Waals surface area contributed by atoms with E-state index in [1.54, 1.807) is 0 Å². The number of nitrogens with zero attached hydrogens (tertiary/aromatic N) is 2. The van der Waals surface area contributed by atoms with Gasteiger partial charge in [0.2, 0.25) is 6.41 Å². The molecule has 2 heterocycles. The van der Waals surface area contributed by atoms with Crippen LogP contribution in [0.1, 0.15) is 33.1 Å². The number of hydrogen-bond acceptors (Lipinski definition) is 2. The molecule has 2 saturated heterocycles. The third kappa shape index (κ3) is 4.52. The molecule has 2 aliphatic heterocycles. The third-order valence-corrected chi connectivity index (χ3v) is 3.68. The lowest BCUT2D eigenvalue weighted by molar-refractivity contribution is -0.117. The van der Waals surface area contributed by atoms with Gasteiger partial charge in [0.05, 0.1) is 0 Å². The van der Waals surface area contributed by atoms with Gasteiger partial charge in [-0.1, -0.05) is 13.8 Å². The zero-order chi connectivity index (χ0) is 12.0. The van der Waals surface area contributed by atoms with Crippen LogP contribution in [0.4, 0.5) is 0 Å². The van der Waals surface area contributed by atoms with Crippen molar-refractivity contribution in [3.63, 3.8) is 0 Å². The lowest BCUT2D eigenvalue weighted by atomic mass is 9.95. The molecule has 0 aliphatic carbocycles. The van der Waals surface area contributed by atoms with Crippen LogP contribution in [0.3, 0.4) is 0 Å². The second kappa shape index (κ2) is 6.89. The summed E-state index contributed by atoms with van der Waals surface area (Å²) in [6.07, 6.45) is 4.98. The van der Waals surface area contributed by atoms with Gasteiger partial charge in [-0.15, -0.1) is 0 Å². The van der Waals surface area contributed by atoms with E-state index < -0.39 is 0 Å². The van der Waals surface area contributed by atoms with Crippen LogP contribution >= 0.6 is 0 Å². The summed E-state index contributed by atoms with van der Waals surface area (Å²) in [5.74, 6) is 1.47. The Hall–Kier alpha value is -0.570. The molecule has 3 nitrogen and oxygen atoms in total. The molecule has 0 aromatic heterocycles. The van der Waals surface area contributed by atoms with Crippen molar-refractivity contribution < 1.29 is 4.79 Å². The summed E-state index contributed by atoms with van der Waals surface area (Å²) in [5, 5.41) is 0. The van der Waals surface area contributed by atoms with Crippen LogP contribution in [0.15, 0.2) is 0 Å². The fourth-order valence-electron chi connectivity index (χ4n) is 2.33. The maximum atomic E-state index is 10.3. The lowest BCUT2D eigenvalue weighted by Gasteiger charge is -2.13. The largest absolute Gasteiger partial charge is 0.345 e. The third-order valence-electron chi connectivity index (χ3n) is 3.68. The van der Waals surface area contributed by atoms with Gasteiger partial charge in [-0.25, -0.2) is 0 Å². The summed E-state index contributed by atoms with van der Waals surface area (Å²) in [5.41, 5.74) is 0. The molecule has 0 aromatic rings. The molecular formula is C13H26N2O. The second-order valence-electron chi connectivity index (χ2n) is 5.40. The Kier molecular flexibility index (Phi) is 5.81. The highest BCUT2D eigenvalue weighted by Gasteiger charge is 2.23. The minimum atomic E-state index is 0.727. The summed E-state index contributed by atoms with van der Waals surface area (Å²) >= 11 is 0. The van der Waals surface area contributed by atoms with E-state index in [0.717, 1.165) is 31.3 Å². The van der Waals surface area contributed by atoms with Crippen LogP contribution in [0.25, 0.3) is 0 Å². The summed E-state index contributed by atoms with van der Waals surface area (Å²) < 4.78 is 0. The van der Waals surface area contributed by atoms with Crippen molar-refractivity contribution >= 4 is 6.41 Å². The topological polar surface area (TPSA) is 23.6 Å². The molecule has 0 aromatic carbocycles.